The summed E-state index contributed by atoms with van der Waals surface area (Å²) >= 11 is 0. The van der Waals surface area contributed by atoms with Crippen LogP contribution in [0.5, 0.6) is 0 Å². The van der Waals surface area contributed by atoms with Crippen molar-refractivity contribution in [3.05, 3.63) is 23.9 Å². The van der Waals surface area contributed by atoms with Gasteiger partial charge in [-0.25, -0.2) is 4.98 Å². The number of piperidine rings is 1. The lowest BCUT2D eigenvalue weighted by molar-refractivity contribution is -0.130. The van der Waals surface area contributed by atoms with E-state index in [1.54, 1.807) is 13.1 Å². The van der Waals surface area contributed by atoms with Crippen LogP contribution in [0.1, 0.15) is 38.2 Å². The summed E-state index contributed by atoms with van der Waals surface area (Å²) < 4.78 is 0. The fraction of sp³-hybridized carbons (Fsp3) is 0.611. The van der Waals surface area contributed by atoms with Crippen LogP contribution >= 0.6 is 0 Å². The van der Waals surface area contributed by atoms with E-state index in [1.165, 1.54) is 0 Å². The van der Waals surface area contributed by atoms with Crippen molar-refractivity contribution in [2.24, 2.45) is 5.92 Å². The Morgan fingerprint density at radius 1 is 1.33 bits per heavy atom. The second kappa shape index (κ2) is 8.78. The molecule has 1 saturated heterocycles. The Bertz CT molecular complexity index is 566. The fourth-order valence-corrected chi connectivity index (χ4v) is 3.08. The first kappa shape index (κ1) is 18.4. The average molecular weight is 332 g/mol. The van der Waals surface area contributed by atoms with Crippen molar-refractivity contribution < 1.29 is 9.59 Å². The first-order valence-corrected chi connectivity index (χ1v) is 8.59. The summed E-state index contributed by atoms with van der Waals surface area (Å²) in [5.41, 5.74) is 1.13. The molecule has 132 valence electrons. The van der Waals surface area contributed by atoms with E-state index in [0.29, 0.717) is 18.2 Å². The van der Waals surface area contributed by atoms with E-state index in [4.69, 9.17) is 0 Å². The molecule has 0 bridgehead atoms. The van der Waals surface area contributed by atoms with Crippen molar-refractivity contribution in [1.82, 2.24) is 14.8 Å². The third-order valence-electron chi connectivity index (χ3n) is 4.43. The number of aromatic nitrogens is 1. The van der Waals surface area contributed by atoms with E-state index in [9.17, 15) is 9.59 Å². The summed E-state index contributed by atoms with van der Waals surface area (Å²) in [4.78, 5) is 31.6. The zero-order chi connectivity index (χ0) is 17.5. The van der Waals surface area contributed by atoms with Gasteiger partial charge in [-0.05, 0) is 57.0 Å². The minimum Gasteiger partial charge on any atom is -0.343 e. The Labute approximate surface area is 144 Å². The summed E-state index contributed by atoms with van der Waals surface area (Å²) in [6, 6.07) is 3.88. The predicted molar refractivity (Wildman–Crippen MR) is 94.5 cm³/mol. The van der Waals surface area contributed by atoms with Crippen molar-refractivity contribution in [3.63, 3.8) is 0 Å². The van der Waals surface area contributed by atoms with E-state index in [1.807, 2.05) is 31.1 Å². The Balaban J connectivity index is 1.75. The molecule has 1 aromatic heterocycles. The summed E-state index contributed by atoms with van der Waals surface area (Å²) in [6.07, 6.45) is 5.08. The minimum absolute atomic E-state index is 0.0125. The van der Waals surface area contributed by atoms with Gasteiger partial charge in [0, 0.05) is 39.2 Å². The normalized spacial score (nSPS) is 15.6. The summed E-state index contributed by atoms with van der Waals surface area (Å²) in [5, 5.41) is 2.89. The molecular weight excluding hydrogens is 304 g/mol. The number of nitrogens with zero attached hydrogens (tertiary/aromatic N) is 3. The maximum atomic E-state index is 12.1. The first-order valence-electron chi connectivity index (χ1n) is 8.59. The monoisotopic (exact) mass is 332 g/mol. The van der Waals surface area contributed by atoms with Crippen LogP contribution in [0.4, 0.5) is 5.82 Å². The fourth-order valence-electron chi connectivity index (χ4n) is 3.08. The predicted octanol–water partition coefficient (Wildman–Crippen LogP) is 2.12. The summed E-state index contributed by atoms with van der Waals surface area (Å²) in [5.74, 6) is 1.30. The largest absolute Gasteiger partial charge is 0.343 e. The van der Waals surface area contributed by atoms with Crippen molar-refractivity contribution in [3.8, 4) is 0 Å². The number of nitrogens with one attached hydrogen (secondary N) is 1. The third kappa shape index (κ3) is 5.92. The Morgan fingerprint density at radius 3 is 2.67 bits per heavy atom. The third-order valence-corrected chi connectivity index (χ3v) is 4.43. The number of hydrogen-bond acceptors (Lipinski definition) is 4. The zero-order valence-corrected chi connectivity index (χ0v) is 14.9. The average Bonchev–Trinajstić information content (AvgIpc) is 2.53. The lowest BCUT2D eigenvalue weighted by Crippen LogP contribution is -2.37. The van der Waals surface area contributed by atoms with Gasteiger partial charge in [0.2, 0.25) is 11.8 Å². The Kier molecular flexibility index (Phi) is 6.73. The molecule has 2 rings (SSSR count). The number of amides is 2. The van der Waals surface area contributed by atoms with Crippen LogP contribution in [-0.4, -0.2) is 53.8 Å². The molecule has 24 heavy (non-hydrogen) atoms. The van der Waals surface area contributed by atoms with E-state index in [-0.39, 0.29) is 11.8 Å². The second-order valence-electron chi connectivity index (χ2n) is 6.82. The molecule has 0 saturated carbocycles. The van der Waals surface area contributed by atoms with Crippen molar-refractivity contribution >= 4 is 17.6 Å². The maximum absolute atomic E-state index is 12.1. The lowest BCUT2D eigenvalue weighted by atomic mass is 9.92. The molecule has 2 amide bonds. The minimum atomic E-state index is 0.0125. The van der Waals surface area contributed by atoms with Crippen LogP contribution in [-0.2, 0) is 16.1 Å². The summed E-state index contributed by atoms with van der Waals surface area (Å²) in [7, 11) is 4.02. The van der Waals surface area contributed by atoms with Crippen molar-refractivity contribution in [2.75, 3.05) is 32.5 Å². The molecular formula is C18H28N4O2. The van der Waals surface area contributed by atoms with Gasteiger partial charge in [-0.2, -0.15) is 0 Å². The molecule has 6 heteroatoms. The van der Waals surface area contributed by atoms with Crippen LogP contribution in [0.15, 0.2) is 18.3 Å². The highest BCUT2D eigenvalue weighted by atomic mass is 16.2. The highest BCUT2D eigenvalue weighted by Crippen LogP contribution is 2.22. The van der Waals surface area contributed by atoms with Crippen molar-refractivity contribution in [1.29, 1.82) is 0 Å². The van der Waals surface area contributed by atoms with Gasteiger partial charge in [0.15, 0.2) is 0 Å². The zero-order valence-electron chi connectivity index (χ0n) is 14.9. The van der Waals surface area contributed by atoms with Gasteiger partial charge >= 0.3 is 0 Å². The molecule has 0 spiro atoms. The van der Waals surface area contributed by atoms with E-state index in [0.717, 1.165) is 44.5 Å². The highest BCUT2D eigenvalue weighted by Gasteiger charge is 2.21. The van der Waals surface area contributed by atoms with Crippen LogP contribution in [0.3, 0.4) is 0 Å². The molecule has 0 unspecified atom stereocenters. The van der Waals surface area contributed by atoms with Gasteiger partial charge in [0.25, 0.3) is 0 Å². The number of rotatable bonds is 6. The number of carbonyl (C=O) groups excluding carboxylic acids is 2. The number of likely N-dealkylation sites (tertiary alicyclic amines) is 1. The Morgan fingerprint density at radius 2 is 2.04 bits per heavy atom. The molecule has 0 aromatic carbocycles. The quantitative estimate of drug-likeness (QED) is 0.866. The van der Waals surface area contributed by atoms with Gasteiger partial charge < -0.3 is 15.1 Å². The second-order valence-corrected chi connectivity index (χ2v) is 6.82. The van der Waals surface area contributed by atoms with Crippen LogP contribution in [0, 0.1) is 5.92 Å². The van der Waals surface area contributed by atoms with Gasteiger partial charge in [-0.1, -0.05) is 0 Å². The van der Waals surface area contributed by atoms with Gasteiger partial charge in [0.1, 0.15) is 5.82 Å². The smallest absolute Gasteiger partial charge is 0.225 e. The molecule has 0 radical (unpaired) electrons. The maximum Gasteiger partial charge on any atom is 0.225 e. The lowest BCUT2D eigenvalue weighted by Gasteiger charge is -2.31. The first-order chi connectivity index (χ1) is 11.4. The van der Waals surface area contributed by atoms with E-state index in [2.05, 4.69) is 15.2 Å². The molecule has 6 nitrogen and oxygen atoms in total. The molecule has 0 aliphatic carbocycles. The summed E-state index contributed by atoms with van der Waals surface area (Å²) in [6.45, 7) is 4.07. The number of pyridine rings is 1. The van der Waals surface area contributed by atoms with Crippen molar-refractivity contribution in [2.45, 2.75) is 39.2 Å². The standard InChI is InChI=1S/C18H28N4O2/c1-14(23)22-10-7-15(8-11-22)4-5-18(24)20-17-12-16(6-9-19-17)13-21(2)3/h6,9,12,15H,4-5,7-8,10-11,13H2,1-3H3,(H,19,20,24). The molecule has 1 fully saturated rings. The molecule has 1 aliphatic rings. The topological polar surface area (TPSA) is 65.5 Å². The number of anilines is 1. The number of hydrogen-bond donors (Lipinski definition) is 1. The molecule has 2 heterocycles. The molecule has 1 aromatic rings. The molecule has 1 N–H and O–H groups in total. The van der Waals surface area contributed by atoms with E-state index < -0.39 is 0 Å². The molecule has 0 atom stereocenters. The van der Waals surface area contributed by atoms with Crippen LogP contribution in [0.2, 0.25) is 0 Å². The SMILES string of the molecule is CC(=O)N1CCC(CCC(=O)Nc2cc(CN(C)C)ccn2)CC1. The van der Waals surface area contributed by atoms with Gasteiger partial charge in [-0.15, -0.1) is 0 Å². The van der Waals surface area contributed by atoms with Crippen LogP contribution < -0.4 is 5.32 Å². The van der Waals surface area contributed by atoms with Crippen LogP contribution in [0.25, 0.3) is 0 Å². The van der Waals surface area contributed by atoms with Gasteiger partial charge in [-0.3, -0.25) is 9.59 Å². The number of carbonyl (C=O) groups is 2. The molecule has 1 aliphatic heterocycles. The highest BCUT2D eigenvalue weighted by molar-refractivity contribution is 5.89. The van der Waals surface area contributed by atoms with E-state index >= 15 is 0 Å². The Hall–Kier alpha value is -1.95. The van der Waals surface area contributed by atoms with Gasteiger partial charge in [0.05, 0.1) is 0 Å².